The Hall–Kier alpha value is -3.48. The molecule has 1 heterocycles. The number of hydrazine groups is 1. The van der Waals surface area contributed by atoms with Crippen molar-refractivity contribution in [2.75, 3.05) is 38.6 Å². The van der Waals surface area contributed by atoms with Crippen LogP contribution >= 0.6 is 0 Å². The number of hydrogen-bond acceptors (Lipinski definition) is 5. The summed E-state index contributed by atoms with van der Waals surface area (Å²) in [6.45, 7) is 9.30. The predicted molar refractivity (Wildman–Crippen MR) is 163 cm³/mol. The summed E-state index contributed by atoms with van der Waals surface area (Å²) in [5, 5.41) is 6.75. The summed E-state index contributed by atoms with van der Waals surface area (Å²) in [5.74, 6) is -0.0378. The number of anilines is 1. The maximum atomic E-state index is 13.1. The number of amides is 1. The van der Waals surface area contributed by atoms with Crippen molar-refractivity contribution in [2.45, 2.75) is 53.1 Å². The number of carbonyl (C=O) groups is 2. The molecule has 3 aromatic carbocycles. The molecule has 0 radical (unpaired) electrons. The summed E-state index contributed by atoms with van der Waals surface area (Å²) < 4.78 is 0. The topological polar surface area (TPSA) is 55.9 Å². The highest BCUT2D eigenvalue weighted by Gasteiger charge is 2.26. The number of benzene rings is 3. The number of likely N-dealkylation sites (N-methyl/N-ethyl adjacent to an activating group) is 1. The van der Waals surface area contributed by atoms with Gasteiger partial charge in [-0.15, -0.1) is 0 Å². The van der Waals surface area contributed by atoms with Crippen LogP contribution < -0.4 is 10.2 Å². The summed E-state index contributed by atoms with van der Waals surface area (Å²) in [6, 6.07) is 26.5. The number of hydrogen-bond donors (Lipinski definition) is 1. The Balaban J connectivity index is 0.000000590. The van der Waals surface area contributed by atoms with E-state index in [1.807, 2.05) is 72.5 Å². The van der Waals surface area contributed by atoms with Crippen LogP contribution in [0.1, 0.15) is 55.9 Å². The molecule has 6 nitrogen and oxygen atoms in total. The second kappa shape index (κ2) is 17.9. The van der Waals surface area contributed by atoms with Crippen molar-refractivity contribution in [3.63, 3.8) is 0 Å². The third kappa shape index (κ3) is 10.3. The first kappa shape index (κ1) is 31.7. The van der Waals surface area contributed by atoms with E-state index in [0.29, 0.717) is 0 Å². The lowest BCUT2D eigenvalue weighted by molar-refractivity contribution is -0.145. The van der Waals surface area contributed by atoms with Crippen LogP contribution in [0.25, 0.3) is 0 Å². The number of nitrogens with one attached hydrogen (secondary N) is 1. The van der Waals surface area contributed by atoms with Gasteiger partial charge in [0.05, 0.1) is 13.1 Å². The molecule has 1 N–H and O–H groups in total. The average molecular weight is 531 g/mol. The third-order valence-corrected chi connectivity index (χ3v) is 6.30. The number of fused-ring (bicyclic) bond motifs is 1. The molecule has 0 aliphatic carbocycles. The van der Waals surface area contributed by atoms with E-state index in [4.69, 9.17) is 0 Å². The minimum Gasteiger partial charge on any atom is -0.355 e. The molecule has 0 aromatic heterocycles. The van der Waals surface area contributed by atoms with E-state index in [-0.39, 0.29) is 19.0 Å². The van der Waals surface area contributed by atoms with E-state index in [2.05, 4.69) is 56.4 Å². The summed E-state index contributed by atoms with van der Waals surface area (Å²) in [5.41, 5.74) is 5.71. The van der Waals surface area contributed by atoms with Crippen molar-refractivity contribution in [3.8, 4) is 0 Å². The molecule has 0 saturated heterocycles. The minimum atomic E-state index is -0.0378. The number of carbonyl (C=O) groups excluding carboxylic acids is 2. The summed E-state index contributed by atoms with van der Waals surface area (Å²) >= 11 is 0. The van der Waals surface area contributed by atoms with Crippen LogP contribution in [0, 0.1) is 0 Å². The third-order valence-electron chi connectivity index (χ3n) is 6.30. The number of rotatable bonds is 10. The van der Waals surface area contributed by atoms with Crippen LogP contribution in [-0.4, -0.2) is 55.9 Å². The molecule has 3 aromatic rings. The molecule has 1 aliphatic heterocycles. The fourth-order valence-corrected chi connectivity index (χ4v) is 4.32. The standard InChI is InChI=1S/C26H27N3O2.C4H11N.C3H8/c1-27(29-18-23-12-5-6-13-24(23)19-29)26(31)20-28(15-16-30)25-14-8-7-11-22(25)17-21-9-3-2-4-10-21;1-3-4-5-2;1-3-2/h2-14,16H,15,17-20H2,1H3;5H,3-4H2,1-2H3;3H2,1-2H3. The molecular weight excluding hydrogens is 484 g/mol. The van der Waals surface area contributed by atoms with Gasteiger partial charge in [0, 0.05) is 25.8 Å². The van der Waals surface area contributed by atoms with Crippen molar-refractivity contribution >= 4 is 17.9 Å². The van der Waals surface area contributed by atoms with Gasteiger partial charge < -0.3 is 15.0 Å². The highest BCUT2D eigenvalue weighted by molar-refractivity contribution is 5.82. The lowest BCUT2D eigenvalue weighted by Crippen LogP contribution is -2.46. The highest BCUT2D eigenvalue weighted by atomic mass is 16.2. The Morgan fingerprint density at radius 1 is 0.897 bits per heavy atom. The van der Waals surface area contributed by atoms with Crippen LogP contribution in [0.5, 0.6) is 0 Å². The van der Waals surface area contributed by atoms with Gasteiger partial charge in [-0.25, -0.2) is 5.01 Å². The normalized spacial score (nSPS) is 11.8. The van der Waals surface area contributed by atoms with Gasteiger partial charge in [0.25, 0.3) is 5.91 Å². The van der Waals surface area contributed by atoms with Crippen molar-refractivity contribution in [3.05, 3.63) is 101 Å². The fourth-order valence-electron chi connectivity index (χ4n) is 4.32. The monoisotopic (exact) mass is 530 g/mol. The van der Waals surface area contributed by atoms with Crippen LogP contribution in [0.2, 0.25) is 0 Å². The molecule has 1 amide bonds. The van der Waals surface area contributed by atoms with Gasteiger partial charge in [-0.05, 0) is 54.8 Å². The van der Waals surface area contributed by atoms with Gasteiger partial charge in [0.15, 0.2) is 0 Å². The minimum absolute atomic E-state index is 0.0378. The Kier molecular flexibility index (Phi) is 14.6. The second-order valence-corrected chi connectivity index (χ2v) is 9.66. The summed E-state index contributed by atoms with van der Waals surface area (Å²) in [6.07, 6.45) is 4.09. The van der Waals surface area contributed by atoms with Gasteiger partial charge in [0.2, 0.25) is 0 Å². The summed E-state index contributed by atoms with van der Waals surface area (Å²) in [4.78, 5) is 26.4. The smallest absolute Gasteiger partial charge is 0.256 e. The molecule has 4 rings (SSSR count). The number of nitrogens with zero attached hydrogens (tertiary/aromatic N) is 3. The lowest BCUT2D eigenvalue weighted by atomic mass is 10.0. The number of para-hydroxylation sites is 1. The molecule has 1 aliphatic rings. The van der Waals surface area contributed by atoms with E-state index in [1.165, 1.54) is 29.5 Å². The SMILES string of the molecule is CCC.CCCNC.CN(C(=O)CN(CC=O)c1ccccc1Cc1ccccc1)N1Cc2ccccc2C1. The first-order valence-electron chi connectivity index (χ1n) is 14.0. The lowest BCUT2D eigenvalue weighted by Gasteiger charge is -2.31. The first-order chi connectivity index (χ1) is 19.0. The van der Waals surface area contributed by atoms with Gasteiger partial charge in [0.1, 0.15) is 6.29 Å². The molecule has 210 valence electrons. The zero-order chi connectivity index (χ0) is 28.5. The zero-order valence-corrected chi connectivity index (χ0v) is 24.4. The van der Waals surface area contributed by atoms with Crippen molar-refractivity contribution in [1.29, 1.82) is 0 Å². The quantitative estimate of drug-likeness (QED) is 0.341. The first-order valence-corrected chi connectivity index (χ1v) is 14.0. The van der Waals surface area contributed by atoms with Gasteiger partial charge >= 0.3 is 0 Å². The molecule has 6 heteroatoms. The van der Waals surface area contributed by atoms with Crippen LogP contribution in [0.15, 0.2) is 78.9 Å². The Morgan fingerprint density at radius 2 is 1.46 bits per heavy atom. The Bertz CT molecular complexity index is 1090. The Labute approximate surface area is 235 Å². The molecule has 0 unspecified atom stereocenters. The van der Waals surface area contributed by atoms with Crippen LogP contribution in [-0.2, 0) is 29.1 Å². The molecule has 0 spiro atoms. The van der Waals surface area contributed by atoms with Gasteiger partial charge in [-0.2, -0.15) is 0 Å². The molecule has 0 atom stereocenters. The maximum absolute atomic E-state index is 13.1. The predicted octanol–water partition coefficient (Wildman–Crippen LogP) is 5.70. The van der Waals surface area contributed by atoms with Gasteiger partial charge in [-0.3, -0.25) is 9.80 Å². The zero-order valence-electron chi connectivity index (χ0n) is 24.4. The molecule has 0 fully saturated rings. The molecule has 0 bridgehead atoms. The van der Waals surface area contributed by atoms with Crippen molar-refractivity contribution in [2.24, 2.45) is 0 Å². The summed E-state index contributed by atoms with van der Waals surface area (Å²) in [7, 11) is 3.77. The molecule has 39 heavy (non-hydrogen) atoms. The van der Waals surface area contributed by atoms with Crippen LogP contribution in [0.4, 0.5) is 5.69 Å². The maximum Gasteiger partial charge on any atom is 0.256 e. The highest BCUT2D eigenvalue weighted by Crippen LogP contribution is 2.25. The van der Waals surface area contributed by atoms with Crippen LogP contribution in [0.3, 0.4) is 0 Å². The van der Waals surface area contributed by atoms with E-state index in [9.17, 15) is 9.59 Å². The average Bonchev–Trinajstić information content (AvgIpc) is 3.39. The second-order valence-electron chi connectivity index (χ2n) is 9.66. The van der Waals surface area contributed by atoms with E-state index in [0.717, 1.165) is 43.6 Å². The van der Waals surface area contributed by atoms with E-state index < -0.39 is 0 Å². The fraction of sp³-hybridized carbons (Fsp3) is 0.394. The van der Waals surface area contributed by atoms with E-state index >= 15 is 0 Å². The van der Waals surface area contributed by atoms with E-state index in [1.54, 1.807) is 5.01 Å². The largest absolute Gasteiger partial charge is 0.355 e. The number of aldehydes is 1. The molecule has 0 saturated carbocycles. The molecular formula is C33H46N4O2. The van der Waals surface area contributed by atoms with Crippen molar-refractivity contribution in [1.82, 2.24) is 15.3 Å². The van der Waals surface area contributed by atoms with Gasteiger partial charge in [-0.1, -0.05) is 100.0 Å². The van der Waals surface area contributed by atoms with Crippen molar-refractivity contribution < 1.29 is 9.59 Å². The Morgan fingerprint density at radius 3 is 2.00 bits per heavy atom.